The maximum Gasteiger partial charge on any atom is 0.273 e. The van der Waals surface area contributed by atoms with Crippen LogP contribution in [-0.4, -0.2) is 46.4 Å². The number of nitrogens with zero attached hydrogens (tertiary/aromatic N) is 3. The quantitative estimate of drug-likeness (QED) is 0.931. The first-order valence-corrected chi connectivity index (χ1v) is 8.77. The van der Waals surface area contributed by atoms with Gasteiger partial charge in [-0.15, -0.1) is 11.3 Å². The van der Waals surface area contributed by atoms with Crippen LogP contribution >= 0.6 is 11.3 Å². The monoisotopic (exact) mass is 330 g/mol. The van der Waals surface area contributed by atoms with Gasteiger partial charge in [-0.3, -0.25) is 9.69 Å². The lowest BCUT2D eigenvalue weighted by Crippen LogP contribution is -2.53. The summed E-state index contributed by atoms with van der Waals surface area (Å²) in [6, 6.07) is 10.6. The van der Waals surface area contributed by atoms with Gasteiger partial charge < -0.3 is 10.6 Å². The molecule has 0 saturated carbocycles. The number of hydrogen-bond acceptors (Lipinski definition) is 5. The summed E-state index contributed by atoms with van der Waals surface area (Å²) in [5, 5.41) is 2.62. The summed E-state index contributed by atoms with van der Waals surface area (Å²) in [6.07, 6.45) is 0. The van der Waals surface area contributed by atoms with Crippen LogP contribution in [0.1, 0.15) is 28.0 Å². The molecule has 0 unspecified atom stereocenters. The van der Waals surface area contributed by atoms with Gasteiger partial charge in [-0.25, -0.2) is 4.98 Å². The molecule has 0 aliphatic carbocycles. The third-order valence-corrected chi connectivity index (χ3v) is 5.04. The van der Waals surface area contributed by atoms with Crippen molar-refractivity contribution in [3.05, 3.63) is 52.0 Å². The highest BCUT2D eigenvalue weighted by atomic mass is 32.1. The molecular formula is C17H22N4OS. The van der Waals surface area contributed by atoms with E-state index in [9.17, 15) is 4.79 Å². The van der Waals surface area contributed by atoms with Gasteiger partial charge in [-0.05, 0) is 12.5 Å². The van der Waals surface area contributed by atoms with Crippen LogP contribution in [-0.2, 0) is 13.1 Å². The second kappa shape index (κ2) is 7.21. The van der Waals surface area contributed by atoms with Gasteiger partial charge in [0.15, 0.2) is 0 Å². The smallest absolute Gasteiger partial charge is 0.273 e. The van der Waals surface area contributed by atoms with Gasteiger partial charge >= 0.3 is 0 Å². The van der Waals surface area contributed by atoms with E-state index in [0.29, 0.717) is 12.2 Å². The van der Waals surface area contributed by atoms with E-state index in [2.05, 4.69) is 41.1 Å². The molecule has 1 amide bonds. The Morgan fingerprint density at radius 1 is 1.35 bits per heavy atom. The van der Waals surface area contributed by atoms with Crippen LogP contribution in [0, 0.1) is 0 Å². The average Bonchev–Trinajstić information content (AvgIpc) is 3.04. The number of hydrogen-bond donors (Lipinski definition) is 1. The molecule has 0 radical (unpaired) electrons. The van der Waals surface area contributed by atoms with Crippen LogP contribution in [0.4, 0.5) is 0 Å². The van der Waals surface area contributed by atoms with Gasteiger partial charge in [0.2, 0.25) is 0 Å². The van der Waals surface area contributed by atoms with E-state index in [-0.39, 0.29) is 11.9 Å². The molecule has 1 aliphatic rings. The maximum absolute atomic E-state index is 12.6. The van der Waals surface area contributed by atoms with E-state index >= 15 is 0 Å². The zero-order valence-electron chi connectivity index (χ0n) is 13.3. The second-order valence-corrected chi connectivity index (χ2v) is 6.84. The third-order valence-electron chi connectivity index (χ3n) is 4.17. The van der Waals surface area contributed by atoms with Crippen LogP contribution in [0.5, 0.6) is 0 Å². The van der Waals surface area contributed by atoms with Crippen LogP contribution < -0.4 is 5.73 Å². The third kappa shape index (κ3) is 3.77. The van der Waals surface area contributed by atoms with E-state index < -0.39 is 0 Å². The fourth-order valence-electron chi connectivity index (χ4n) is 2.97. The van der Waals surface area contributed by atoms with Crippen molar-refractivity contribution in [2.75, 3.05) is 19.6 Å². The summed E-state index contributed by atoms with van der Waals surface area (Å²) < 4.78 is 0. The standard InChI is InChI=1S/C17H22N4OS/c1-13-10-20(11-14-5-3-2-4-6-14)7-8-21(13)17(22)15-12-23-16(9-18)19-15/h2-6,12-13H,7-11,18H2,1H3/t13-/m1/s1. The first-order chi connectivity index (χ1) is 11.2. The number of rotatable bonds is 4. The van der Waals surface area contributed by atoms with Crippen LogP contribution in [0.2, 0.25) is 0 Å². The summed E-state index contributed by atoms with van der Waals surface area (Å²) in [5.41, 5.74) is 7.42. The maximum atomic E-state index is 12.6. The fraction of sp³-hybridized carbons (Fsp3) is 0.412. The number of benzene rings is 1. The topological polar surface area (TPSA) is 62.5 Å². The van der Waals surface area contributed by atoms with Crippen molar-refractivity contribution in [1.29, 1.82) is 0 Å². The number of piperazine rings is 1. The van der Waals surface area contributed by atoms with Gasteiger partial charge in [0.25, 0.3) is 5.91 Å². The summed E-state index contributed by atoms with van der Waals surface area (Å²) in [4.78, 5) is 21.3. The SMILES string of the molecule is C[C@@H]1CN(Cc2ccccc2)CCN1C(=O)c1csc(CN)n1. The largest absolute Gasteiger partial charge is 0.332 e. The highest BCUT2D eigenvalue weighted by Crippen LogP contribution is 2.17. The van der Waals surface area contributed by atoms with Crippen LogP contribution in [0.3, 0.4) is 0 Å². The Labute approximate surface area is 140 Å². The lowest BCUT2D eigenvalue weighted by molar-refractivity contribution is 0.0470. The second-order valence-electron chi connectivity index (χ2n) is 5.90. The molecule has 1 fully saturated rings. The molecule has 1 aromatic heterocycles. The summed E-state index contributed by atoms with van der Waals surface area (Å²) in [5.74, 6) is 0.0211. The van der Waals surface area contributed by atoms with Crippen LogP contribution in [0.15, 0.2) is 35.7 Å². The highest BCUT2D eigenvalue weighted by Gasteiger charge is 2.29. The number of carbonyl (C=O) groups is 1. The first-order valence-electron chi connectivity index (χ1n) is 7.89. The Morgan fingerprint density at radius 3 is 2.78 bits per heavy atom. The van der Waals surface area contributed by atoms with Gasteiger partial charge in [0.05, 0.1) is 0 Å². The van der Waals surface area contributed by atoms with Crippen molar-refractivity contribution in [3.63, 3.8) is 0 Å². The minimum absolute atomic E-state index is 0.0211. The van der Waals surface area contributed by atoms with Crippen molar-refractivity contribution in [1.82, 2.24) is 14.8 Å². The normalized spacial score (nSPS) is 19.0. The summed E-state index contributed by atoms with van der Waals surface area (Å²) in [6.45, 7) is 5.93. The molecule has 2 heterocycles. The molecule has 1 aromatic carbocycles. The molecule has 1 saturated heterocycles. The van der Waals surface area contributed by atoms with E-state index in [4.69, 9.17) is 5.73 Å². The van der Waals surface area contributed by atoms with Gasteiger partial charge in [0, 0.05) is 44.1 Å². The molecule has 0 bridgehead atoms. The van der Waals surface area contributed by atoms with Crippen molar-refractivity contribution in [2.45, 2.75) is 26.1 Å². The number of carbonyl (C=O) groups excluding carboxylic acids is 1. The zero-order valence-corrected chi connectivity index (χ0v) is 14.1. The first kappa shape index (κ1) is 16.1. The molecule has 5 nitrogen and oxygen atoms in total. The zero-order chi connectivity index (χ0) is 16.2. The minimum atomic E-state index is 0.0211. The molecule has 23 heavy (non-hydrogen) atoms. The van der Waals surface area contributed by atoms with E-state index in [1.807, 2.05) is 16.3 Å². The number of aromatic nitrogens is 1. The predicted octanol–water partition coefficient (Wildman–Crippen LogP) is 1.95. The summed E-state index contributed by atoms with van der Waals surface area (Å²) >= 11 is 1.45. The molecule has 3 rings (SSSR count). The molecule has 2 N–H and O–H groups in total. The predicted molar refractivity (Wildman–Crippen MR) is 92.2 cm³/mol. The van der Waals surface area contributed by atoms with Crippen molar-refractivity contribution < 1.29 is 4.79 Å². The van der Waals surface area contributed by atoms with Crippen LogP contribution in [0.25, 0.3) is 0 Å². The van der Waals surface area contributed by atoms with E-state index in [1.165, 1.54) is 16.9 Å². The van der Waals surface area contributed by atoms with Crippen molar-refractivity contribution in [2.24, 2.45) is 5.73 Å². The molecule has 6 heteroatoms. The lowest BCUT2D eigenvalue weighted by atomic mass is 10.1. The molecular weight excluding hydrogens is 308 g/mol. The lowest BCUT2D eigenvalue weighted by Gasteiger charge is -2.39. The van der Waals surface area contributed by atoms with Gasteiger partial charge in [0.1, 0.15) is 10.7 Å². The van der Waals surface area contributed by atoms with Crippen molar-refractivity contribution in [3.8, 4) is 0 Å². The Kier molecular flexibility index (Phi) is 5.05. The molecule has 122 valence electrons. The molecule has 0 spiro atoms. The average molecular weight is 330 g/mol. The number of thiazole rings is 1. The van der Waals surface area contributed by atoms with Gasteiger partial charge in [-0.1, -0.05) is 30.3 Å². The molecule has 1 atom stereocenters. The van der Waals surface area contributed by atoms with E-state index in [0.717, 1.165) is 31.2 Å². The Morgan fingerprint density at radius 2 is 2.13 bits per heavy atom. The minimum Gasteiger partial charge on any atom is -0.332 e. The van der Waals surface area contributed by atoms with E-state index in [1.54, 1.807) is 0 Å². The summed E-state index contributed by atoms with van der Waals surface area (Å²) in [7, 11) is 0. The fourth-order valence-corrected chi connectivity index (χ4v) is 3.62. The number of amides is 1. The Hall–Kier alpha value is -1.76. The number of nitrogens with two attached hydrogens (primary N) is 1. The molecule has 1 aliphatic heterocycles. The highest BCUT2D eigenvalue weighted by molar-refractivity contribution is 7.09. The van der Waals surface area contributed by atoms with Crippen molar-refractivity contribution >= 4 is 17.2 Å². The van der Waals surface area contributed by atoms with Gasteiger partial charge in [-0.2, -0.15) is 0 Å². The molecule has 2 aromatic rings. The Balaban J connectivity index is 1.61. The Bertz CT molecular complexity index is 658.